The van der Waals surface area contributed by atoms with E-state index in [1.54, 1.807) is 0 Å². The molecule has 104 valence electrons. The number of nitrogens with zero attached hydrogens (tertiary/aromatic N) is 1. The molecule has 0 saturated carbocycles. The summed E-state index contributed by atoms with van der Waals surface area (Å²) in [6.45, 7) is -3.26. The molecule has 0 radical (unpaired) electrons. The lowest BCUT2D eigenvalue weighted by Crippen LogP contribution is -2.53. The first-order chi connectivity index (χ1) is 8.88. The number of alkyl halides is 2. The van der Waals surface area contributed by atoms with E-state index in [1.165, 1.54) is 0 Å². The minimum Gasteiger partial charge on any atom is -0.435 e. The van der Waals surface area contributed by atoms with Crippen LogP contribution in [-0.4, -0.2) is 41.7 Å². The molecule has 1 aliphatic rings. The van der Waals surface area contributed by atoms with Gasteiger partial charge < -0.3 is 14.7 Å². The molecule has 1 amide bonds. The summed E-state index contributed by atoms with van der Waals surface area (Å²) in [5.41, 5.74) is -0.853. The number of ether oxygens (including phenoxy) is 1. The van der Waals surface area contributed by atoms with Gasteiger partial charge in [-0.1, -0.05) is 0 Å². The Kier molecular flexibility index (Phi) is 3.61. The zero-order valence-electron chi connectivity index (χ0n) is 9.45. The topological polar surface area (TPSA) is 49.8 Å². The molecule has 1 aliphatic heterocycles. The third-order valence-electron chi connectivity index (χ3n) is 2.60. The summed E-state index contributed by atoms with van der Waals surface area (Å²) >= 11 is 0. The van der Waals surface area contributed by atoms with Gasteiger partial charge in [-0.25, -0.2) is 8.78 Å². The molecule has 0 unspecified atom stereocenters. The number of aliphatic hydroxyl groups is 1. The Morgan fingerprint density at radius 3 is 2.26 bits per heavy atom. The maximum absolute atomic E-state index is 13.6. The SMILES string of the molecule is O=C(c1c(F)cc(OC(F)F)cc1F)N1CC(O)C1. The minimum atomic E-state index is -3.22. The largest absolute Gasteiger partial charge is 0.435 e. The number of rotatable bonds is 3. The highest BCUT2D eigenvalue weighted by Gasteiger charge is 2.33. The molecular weight excluding hydrogens is 270 g/mol. The van der Waals surface area contributed by atoms with Crippen LogP contribution in [0.3, 0.4) is 0 Å². The normalized spacial score (nSPS) is 15.6. The third-order valence-corrected chi connectivity index (χ3v) is 2.60. The minimum absolute atomic E-state index is 0.0208. The van der Waals surface area contributed by atoms with Crippen LogP contribution in [0.1, 0.15) is 10.4 Å². The molecule has 8 heteroatoms. The van der Waals surface area contributed by atoms with Crippen molar-refractivity contribution >= 4 is 5.91 Å². The lowest BCUT2D eigenvalue weighted by atomic mass is 10.1. The monoisotopic (exact) mass is 279 g/mol. The van der Waals surface area contributed by atoms with E-state index in [4.69, 9.17) is 5.11 Å². The van der Waals surface area contributed by atoms with Crippen LogP contribution >= 0.6 is 0 Å². The van der Waals surface area contributed by atoms with Gasteiger partial charge in [0.25, 0.3) is 5.91 Å². The highest BCUT2D eigenvalue weighted by molar-refractivity contribution is 5.95. The predicted octanol–water partition coefficient (Wildman–Crippen LogP) is 1.38. The fourth-order valence-electron chi connectivity index (χ4n) is 1.70. The van der Waals surface area contributed by atoms with Gasteiger partial charge in [0.2, 0.25) is 0 Å². The first-order valence-corrected chi connectivity index (χ1v) is 5.29. The lowest BCUT2D eigenvalue weighted by Gasteiger charge is -2.35. The number of carbonyl (C=O) groups excluding carboxylic acids is 1. The number of benzene rings is 1. The van der Waals surface area contributed by atoms with Crippen LogP contribution in [0.5, 0.6) is 5.75 Å². The van der Waals surface area contributed by atoms with Crippen LogP contribution < -0.4 is 4.74 Å². The van der Waals surface area contributed by atoms with Gasteiger partial charge in [0.15, 0.2) is 0 Å². The quantitative estimate of drug-likeness (QED) is 0.850. The summed E-state index contributed by atoms with van der Waals surface area (Å²) in [5, 5.41) is 9.01. The van der Waals surface area contributed by atoms with Gasteiger partial charge in [-0.15, -0.1) is 0 Å². The Bertz CT molecular complexity index is 480. The van der Waals surface area contributed by atoms with Crippen molar-refractivity contribution < 1.29 is 32.2 Å². The molecular formula is C11H9F4NO3. The van der Waals surface area contributed by atoms with E-state index in [0.29, 0.717) is 12.1 Å². The molecule has 0 atom stereocenters. The fraction of sp³-hybridized carbons (Fsp3) is 0.364. The van der Waals surface area contributed by atoms with E-state index < -0.39 is 41.6 Å². The van der Waals surface area contributed by atoms with Crippen molar-refractivity contribution in [1.29, 1.82) is 0 Å². The maximum Gasteiger partial charge on any atom is 0.387 e. The molecule has 19 heavy (non-hydrogen) atoms. The molecule has 1 aromatic rings. The Balaban J connectivity index is 2.24. The van der Waals surface area contributed by atoms with E-state index in [-0.39, 0.29) is 13.1 Å². The van der Waals surface area contributed by atoms with Gasteiger partial charge in [0.1, 0.15) is 22.9 Å². The number of β-amino-alcohol motifs (C(OH)–C–C–N with tert-alkyl or cyclic N) is 1. The number of hydrogen-bond donors (Lipinski definition) is 1. The molecule has 0 aromatic heterocycles. The predicted molar refractivity (Wildman–Crippen MR) is 54.9 cm³/mol. The smallest absolute Gasteiger partial charge is 0.387 e. The van der Waals surface area contributed by atoms with Crippen LogP contribution in [-0.2, 0) is 0 Å². The Labute approximate surface area is 105 Å². The average Bonchev–Trinajstić information content (AvgIpc) is 2.22. The zero-order chi connectivity index (χ0) is 14.2. The van der Waals surface area contributed by atoms with Crippen molar-refractivity contribution in [2.75, 3.05) is 13.1 Å². The summed E-state index contributed by atoms with van der Waals surface area (Å²) in [7, 11) is 0. The van der Waals surface area contributed by atoms with Gasteiger partial charge >= 0.3 is 6.61 Å². The summed E-state index contributed by atoms with van der Waals surface area (Å²) < 4.78 is 54.8. The van der Waals surface area contributed by atoms with Crippen LogP contribution in [0.15, 0.2) is 12.1 Å². The second-order valence-corrected chi connectivity index (χ2v) is 4.00. The van der Waals surface area contributed by atoms with Crippen molar-refractivity contribution in [3.05, 3.63) is 29.3 Å². The van der Waals surface area contributed by atoms with Gasteiger partial charge in [0, 0.05) is 25.2 Å². The Morgan fingerprint density at radius 2 is 1.84 bits per heavy atom. The van der Waals surface area contributed by atoms with Crippen molar-refractivity contribution in [2.45, 2.75) is 12.7 Å². The number of halogens is 4. The maximum atomic E-state index is 13.6. The molecule has 0 aliphatic carbocycles. The highest BCUT2D eigenvalue weighted by Crippen LogP contribution is 2.24. The first kappa shape index (κ1) is 13.6. The van der Waals surface area contributed by atoms with Crippen LogP contribution in [0.25, 0.3) is 0 Å². The highest BCUT2D eigenvalue weighted by atomic mass is 19.3. The molecule has 1 heterocycles. The molecule has 2 rings (SSSR count). The van der Waals surface area contributed by atoms with Crippen molar-refractivity contribution in [3.8, 4) is 5.75 Å². The average molecular weight is 279 g/mol. The number of amides is 1. The molecule has 1 saturated heterocycles. The summed E-state index contributed by atoms with van der Waals surface area (Å²) in [6.07, 6.45) is -0.712. The molecule has 1 N–H and O–H groups in total. The van der Waals surface area contributed by atoms with Gasteiger partial charge in [-0.3, -0.25) is 4.79 Å². The van der Waals surface area contributed by atoms with Gasteiger partial charge in [-0.2, -0.15) is 8.78 Å². The molecule has 1 fully saturated rings. The lowest BCUT2D eigenvalue weighted by molar-refractivity contribution is -0.0501. The summed E-state index contributed by atoms with van der Waals surface area (Å²) in [6, 6.07) is 1.03. The summed E-state index contributed by atoms with van der Waals surface area (Å²) in [5.74, 6) is -4.22. The van der Waals surface area contributed by atoms with E-state index in [0.717, 1.165) is 4.90 Å². The zero-order valence-corrected chi connectivity index (χ0v) is 9.45. The van der Waals surface area contributed by atoms with Crippen LogP contribution in [0.4, 0.5) is 17.6 Å². The molecule has 0 spiro atoms. The van der Waals surface area contributed by atoms with E-state index in [2.05, 4.69) is 4.74 Å². The number of carbonyl (C=O) groups is 1. The van der Waals surface area contributed by atoms with Gasteiger partial charge in [0.05, 0.1) is 6.10 Å². The van der Waals surface area contributed by atoms with Crippen molar-refractivity contribution in [3.63, 3.8) is 0 Å². The second-order valence-electron chi connectivity index (χ2n) is 4.00. The van der Waals surface area contributed by atoms with Crippen LogP contribution in [0, 0.1) is 11.6 Å². The van der Waals surface area contributed by atoms with Crippen molar-refractivity contribution in [2.24, 2.45) is 0 Å². The standard InChI is InChI=1S/C11H9F4NO3/c12-7-1-6(19-11(14)15)2-8(13)9(7)10(18)16-3-5(17)4-16/h1-2,5,11,17H,3-4H2. The van der Waals surface area contributed by atoms with Gasteiger partial charge in [-0.05, 0) is 0 Å². The van der Waals surface area contributed by atoms with Crippen LogP contribution in [0.2, 0.25) is 0 Å². The van der Waals surface area contributed by atoms with E-state index >= 15 is 0 Å². The Hall–Kier alpha value is -1.83. The van der Waals surface area contributed by atoms with E-state index in [1.807, 2.05) is 0 Å². The molecule has 4 nitrogen and oxygen atoms in total. The third kappa shape index (κ3) is 2.78. The number of likely N-dealkylation sites (tertiary alicyclic amines) is 1. The first-order valence-electron chi connectivity index (χ1n) is 5.29. The fourth-order valence-corrected chi connectivity index (χ4v) is 1.70. The summed E-state index contributed by atoms with van der Waals surface area (Å²) in [4.78, 5) is 12.7. The van der Waals surface area contributed by atoms with Crippen molar-refractivity contribution in [1.82, 2.24) is 4.90 Å². The molecule has 1 aromatic carbocycles. The van der Waals surface area contributed by atoms with E-state index in [9.17, 15) is 22.4 Å². The number of hydrogen-bond acceptors (Lipinski definition) is 3. The second kappa shape index (κ2) is 5.04. The number of aliphatic hydroxyl groups excluding tert-OH is 1. The Morgan fingerprint density at radius 1 is 1.32 bits per heavy atom. The molecule has 0 bridgehead atoms.